The predicted octanol–water partition coefficient (Wildman–Crippen LogP) is 2.20. The molecule has 0 radical (unpaired) electrons. The number of aryl methyl sites for hydroxylation is 1. The quantitative estimate of drug-likeness (QED) is 0.810. The predicted molar refractivity (Wildman–Crippen MR) is 99.8 cm³/mol. The van der Waals surface area contributed by atoms with E-state index in [0.717, 1.165) is 25.9 Å². The van der Waals surface area contributed by atoms with Crippen LogP contribution in [0.4, 0.5) is 0 Å². The summed E-state index contributed by atoms with van der Waals surface area (Å²) in [7, 11) is 1.87. The van der Waals surface area contributed by atoms with Crippen LogP contribution in [0.15, 0.2) is 18.3 Å². The number of nitrogens with zero attached hydrogens (tertiary/aromatic N) is 2. The van der Waals surface area contributed by atoms with Gasteiger partial charge in [-0.3, -0.25) is 9.59 Å². The van der Waals surface area contributed by atoms with Gasteiger partial charge in [0.05, 0.1) is 13.1 Å². The largest absolute Gasteiger partial charge is 0.371 e. The zero-order chi connectivity index (χ0) is 18.7. The fourth-order valence-corrected chi connectivity index (χ4v) is 4.04. The van der Waals surface area contributed by atoms with Crippen LogP contribution in [0.2, 0.25) is 0 Å². The van der Waals surface area contributed by atoms with Crippen molar-refractivity contribution >= 4 is 11.8 Å². The Hall–Kier alpha value is -1.82. The van der Waals surface area contributed by atoms with E-state index in [9.17, 15) is 9.59 Å². The van der Waals surface area contributed by atoms with Gasteiger partial charge in [0.1, 0.15) is 11.3 Å². The van der Waals surface area contributed by atoms with E-state index in [0.29, 0.717) is 43.6 Å². The van der Waals surface area contributed by atoms with Crippen molar-refractivity contribution in [2.45, 2.75) is 45.1 Å². The van der Waals surface area contributed by atoms with Gasteiger partial charge < -0.3 is 19.5 Å². The molecule has 3 rings (SSSR count). The second-order valence-electron chi connectivity index (χ2n) is 8.13. The van der Waals surface area contributed by atoms with E-state index < -0.39 is 0 Å². The molecule has 1 aromatic heterocycles. The van der Waals surface area contributed by atoms with Gasteiger partial charge in [-0.05, 0) is 43.2 Å². The third-order valence-corrected chi connectivity index (χ3v) is 5.76. The van der Waals surface area contributed by atoms with Crippen LogP contribution in [0.3, 0.4) is 0 Å². The van der Waals surface area contributed by atoms with Gasteiger partial charge in [-0.1, -0.05) is 13.8 Å². The summed E-state index contributed by atoms with van der Waals surface area (Å²) in [4.78, 5) is 26.4. The summed E-state index contributed by atoms with van der Waals surface area (Å²) >= 11 is 0. The van der Waals surface area contributed by atoms with Crippen LogP contribution < -0.4 is 5.32 Å². The molecule has 0 aliphatic carbocycles. The minimum absolute atomic E-state index is 0.0374. The topological polar surface area (TPSA) is 63.6 Å². The molecule has 26 heavy (non-hydrogen) atoms. The van der Waals surface area contributed by atoms with Crippen LogP contribution >= 0.6 is 0 Å². The molecule has 0 bridgehead atoms. The maximum Gasteiger partial charge on any atom is 0.267 e. The summed E-state index contributed by atoms with van der Waals surface area (Å²) < 4.78 is 7.85. The molecule has 144 valence electrons. The van der Waals surface area contributed by atoms with Crippen LogP contribution in [0.1, 0.15) is 50.0 Å². The standard InChI is InChI=1S/C20H31N3O3/c1-15(2)6-7-18(24)23-13-20(14-23)16(9-12-26-20)8-10-21-19(25)17-5-4-11-22(17)3/h4-5,11,15-16H,6-10,12-14H2,1-3H3,(H,21,25)/t16-/m0/s1. The molecule has 1 aromatic rings. The zero-order valence-corrected chi connectivity index (χ0v) is 16.2. The molecule has 3 heterocycles. The number of carbonyl (C=O) groups is 2. The third-order valence-electron chi connectivity index (χ3n) is 5.76. The highest BCUT2D eigenvalue weighted by atomic mass is 16.5. The highest BCUT2D eigenvalue weighted by Crippen LogP contribution is 2.41. The van der Waals surface area contributed by atoms with E-state index in [-0.39, 0.29) is 17.4 Å². The van der Waals surface area contributed by atoms with Gasteiger partial charge in [0.15, 0.2) is 0 Å². The van der Waals surface area contributed by atoms with E-state index in [2.05, 4.69) is 19.2 Å². The fourth-order valence-electron chi connectivity index (χ4n) is 4.04. The van der Waals surface area contributed by atoms with E-state index in [4.69, 9.17) is 4.74 Å². The molecule has 2 aliphatic heterocycles. The van der Waals surface area contributed by atoms with Crippen LogP contribution in [0.25, 0.3) is 0 Å². The normalized spacial score (nSPS) is 21.2. The highest BCUT2D eigenvalue weighted by molar-refractivity contribution is 5.92. The fraction of sp³-hybridized carbons (Fsp3) is 0.700. The number of rotatable bonds is 7. The minimum Gasteiger partial charge on any atom is -0.371 e. The van der Waals surface area contributed by atoms with Crippen LogP contribution in [-0.2, 0) is 16.6 Å². The van der Waals surface area contributed by atoms with Crippen molar-refractivity contribution in [3.63, 3.8) is 0 Å². The first-order valence-corrected chi connectivity index (χ1v) is 9.72. The number of nitrogens with one attached hydrogen (secondary N) is 1. The van der Waals surface area contributed by atoms with Crippen LogP contribution in [-0.4, -0.2) is 53.1 Å². The summed E-state index contributed by atoms with van der Waals surface area (Å²) in [6, 6.07) is 3.69. The second kappa shape index (κ2) is 7.82. The summed E-state index contributed by atoms with van der Waals surface area (Å²) in [5, 5.41) is 3.01. The lowest BCUT2D eigenvalue weighted by Gasteiger charge is -2.50. The van der Waals surface area contributed by atoms with Crippen LogP contribution in [0, 0.1) is 11.8 Å². The molecular weight excluding hydrogens is 330 g/mol. The third kappa shape index (κ3) is 3.95. The molecule has 0 aromatic carbocycles. The zero-order valence-electron chi connectivity index (χ0n) is 16.2. The molecule has 6 nitrogen and oxygen atoms in total. The number of carbonyl (C=O) groups excluding carboxylic acids is 2. The minimum atomic E-state index is -0.177. The van der Waals surface area contributed by atoms with E-state index in [1.807, 2.05) is 34.8 Å². The Labute approximate surface area is 155 Å². The SMILES string of the molecule is CC(C)CCC(=O)N1CC2(C1)OCC[C@@H]2CCNC(=O)c1cccn1C. The first-order chi connectivity index (χ1) is 12.4. The Morgan fingerprint density at radius 1 is 1.38 bits per heavy atom. The maximum absolute atomic E-state index is 12.3. The van der Waals surface area contributed by atoms with Gasteiger partial charge in [0.25, 0.3) is 5.91 Å². The Bertz CT molecular complexity index is 646. The number of hydrogen-bond donors (Lipinski definition) is 1. The first kappa shape index (κ1) is 19.0. The number of hydrogen-bond acceptors (Lipinski definition) is 3. The van der Waals surface area contributed by atoms with E-state index in [1.54, 1.807) is 0 Å². The second-order valence-corrected chi connectivity index (χ2v) is 8.13. The van der Waals surface area contributed by atoms with Gasteiger partial charge in [-0.15, -0.1) is 0 Å². The molecule has 0 saturated carbocycles. The number of ether oxygens (including phenoxy) is 1. The molecule has 2 fully saturated rings. The summed E-state index contributed by atoms with van der Waals surface area (Å²) in [6.07, 6.45) is 5.34. The molecule has 1 atom stereocenters. The van der Waals surface area contributed by atoms with Gasteiger partial charge in [0.2, 0.25) is 5.91 Å². The smallest absolute Gasteiger partial charge is 0.267 e. The number of amides is 2. The highest BCUT2D eigenvalue weighted by Gasteiger charge is 2.53. The summed E-state index contributed by atoms with van der Waals surface area (Å²) in [6.45, 7) is 7.10. The van der Waals surface area contributed by atoms with Gasteiger partial charge in [-0.2, -0.15) is 0 Å². The Morgan fingerprint density at radius 3 is 2.81 bits per heavy atom. The first-order valence-electron chi connectivity index (χ1n) is 9.72. The molecule has 2 amide bonds. The Balaban J connectivity index is 1.44. The van der Waals surface area contributed by atoms with Crippen molar-refractivity contribution in [2.24, 2.45) is 18.9 Å². The van der Waals surface area contributed by atoms with E-state index >= 15 is 0 Å². The maximum atomic E-state index is 12.3. The van der Waals surface area contributed by atoms with Crippen molar-refractivity contribution in [2.75, 3.05) is 26.2 Å². The van der Waals surface area contributed by atoms with Gasteiger partial charge in [0, 0.05) is 32.8 Å². The van der Waals surface area contributed by atoms with Gasteiger partial charge in [-0.25, -0.2) is 0 Å². The molecule has 1 spiro atoms. The summed E-state index contributed by atoms with van der Waals surface area (Å²) in [5.74, 6) is 1.17. The molecule has 2 aliphatic rings. The average molecular weight is 361 g/mol. The monoisotopic (exact) mass is 361 g/mol. The van der Waals surface area contributed by atoms with Crippen LogP contribution in [0.5, 0.6) is 0 Å². The molecule has 0 unspecified atom stereocenters. The molecule has 2 saturated heterocycles. The lowest BCUT2D eigenvalue weighted by molar-refractivity contribution is -0.165. The lowest BCUT2D eigenvalue weighted by Crippen LogP contribution is -2.66. The Morgan fingerprint density at radius 2 is 2.15 bits per heavy atom. The molecule has 6 heteroatoms. The van der Waals surface area contributed by atoms with Crippen molar-refractivity contribution in [3.8, 4) is 0 Å². The Kier molecular flexibility index (Phi) is 5.70. The lowest BCUT2D eigenvalue weighted by atomic mass is 9.78. The van der Waals surface area contributed by atoms with Crippen molar-refractivity contribution in [1.82, 2.24) is 14.8 Å². The number of aromatic nitrogens is 1. The average Bonchev–Trinajstić information content (AvgIpc) is 3.17. The van der Waals surface area contributed by atoms with Gasteiger partial charge >= 0.3 is 0 Å². The van der Waals surface area contributed by atoms with Crippen molar-refractivity contribution < 1.29 is 14.3 Å². The van der Waals surface area contributed by atoms with Crippen molar-refractivity contribution in [3.05, 3.63) is 24.0 Å². The number of likely N-dealkylation sites (tertiary alicyclic amines) is 1. The van der Waals surface area contributed by atoms with Crippen molar-refractivity contribution in [1.29, 1.82) is 0 Å². The summed E-state index contributed by atoms with van der Waals surface area (Å²) in [5.41, 5.74) is 0.497. The molecular formula is C20H31N3O3. The molecule has 1 N–H and O–H groups in total. The van der Waals surface area contributed by atoms with E-state index in [1.165, 1.54) is 0 Å².